The van der Waals surface area contributed by atoms with Crippen LogP contribution in [0.3, 0.4) is 0 Å². The summed E-state index contributed by atoms with van der Waals surface area (Å²) >= 11 is 0. The molecule has 1 heterocycles. The van der Waals surface area contributed by atoms with Crippen molar-refractivity contribution >= 4 is 5.91 Å². The van der Waals surface area contributed by atoms with Gasteiger partial charge in [-0.05, 0) is 45.3 Å². The van der Waals surface area contributed by atoms with Gasteiger partial charge < -0.3 is 16.0 Å². The molecule has 1 saturated heterocycles. The zero-order chi connectivity index (χ0) is 12.7. The van der Waals surface area contributed by atoms with E-state index in [9.17, 15) is 4.79 Å². The highest BCUT2D eigenvalue weighted by atomic mass is 16.1. The number of carbonyl (C=O) groups excluding carboxylic acids is 1. The molecule has 0 saturated carbocycles. The van der Waals surface area contributed by atoms with Crippen molar-refractivity contribution in [3.63, 3.8) is 0 Å². The third-order valence-electron chi connectivity index (χ3n) is 3.59. The molecule has 4 nitrogen and oxygen atoms in total. The Labute approximate surface area is 105 Å². The van der Waals surface area contributed by atoms with E-state index in [4.69, 9.17) is 5.73 Å². The van der Waals surface area contributed by atoms with Gasteiger partial charge in [0.2, 0.25) is 5.91 Å². The second-order valence-corrected chi connectivity index (χ2v) is 5.07. The molecule has 3 N–H and O–H groups in total. The number of carbonyl (C=O) groups is 1. The molecule has 0 aromatic carbocycles. The van der Waals surface area contributed by atoms with Crippen molar-refractivity contribution in [3.8, 4) is 0 Å². The van der Waals surface area contributed by atoms with Crippen LogP contribution in [0.4, 0.5) is 0 Å². The van der Waals surface area contributed by atoms with Gasteiger partial charge in [-0.1, -0.05) is 13.8 Å². The summed E-state index contributed by atoms with van der Waals surface area (Å²) in [6.07, 6.45) is 4.13. The fourth-order valence-electron chi connectivity index (χ4n) is 2.36. The summed E-state index contributed by atoms with van der Waals surface area (Å²) in [5, 5.41) is 3.17. The SMILES string of the molecule is CCN1CCCC(NC(=O)C(C)CCCN)C1. The van der Waals surface area contributed by atoms with Gasteiger partial charge in [0.05, 0.1) is 0 Å². The number of piperidine rings is 1. The minimum atomic E-state index is 0.0931. The lowest BCUT2D eigenvalue weighted by atomic mass is 10.0. The summed E-state index contributed by atoms with van der Waals surface area (Å²) in [4.78, 5) is 14.3. The topological polar surface area (TPSA) is 58.4 Å². The molecule has 0 spiro atoms. The summed E-state index contributed by atoms with van der Waals surface area (Å²) in [7, 11) is 0. The molecule has 0 bridgehead atoms. The van der Waals surface area contributed by atoms with Crippen LogP contribution >= 0.6 is 0 Å². The molecule has 0 radical (unpaired) electrons. The van der Waals surface area contributed by atoms with Crippen molar-refractivity contribution in [2.24, 2.45) is 11.7 Å². The molecule has 0 aromatic rings. The molecule has 2 unspecified atom stereocenters. The van der Waals surface area contributed by atoms with Gasteiger partial charge in [0, 0.05) is 18.5 Å². The highest BCUT2D eigenvalue weighted by Gasteiger charge is 2.22. The van der Waals surface area contributed by atoms with Crippen LogP contribution in [0, 0.1) is 5.92 Å². The minimum absolute atomic E-state index is 0.0931. The molecule has 0 aliphatic carbocycles. The zero-order valence-corrected chi connectivity index (χ0v) is 11.2. The summed E-state index contributed by atoms with van der Waals surface area (Å²) in [6.45, 7) is 8.09. The molecular formula is C13H27N3O. The van der Waals surface area contributed by atoms with Crippen LogP contribution in [0.2, 0.25) is 0 Å². The lowest BCUT2D eigenvalue weighted by Crippen LogP contribution is -2.48. The van der Waals surface area contributed by atoms with Crippen LogP contribution in [-0.2, 0) is 4.79 Å². The fraction of sp³-hybridized carbons (Fsp3) is 0.923. The number of likely N-dealkylation sites (N-methyl/N-ethyl adjacent to an activating group) is 1. The van der Waals surface area contributed by atoms with E-state index in [-0.39, 0.29) is 11.8 Å². The number of rotatable bonds is 6. The molecule has 1 fully saturated rings. The molecular weight excluding hydrogens is 214 g/mol. The first-order chi connectivity index (χ1) is 8.17. The number of likely N-dealkylation sites (tertiary alicyclic amines) is 1. The van der Waals surface area contributed by atoms with Crippen LogP contribution in [0.15, 0.2) is 0 Å². The van der Waals surface area contributed by atoms with E-state index in [1.807, 2.05) is 6.92 Å². The monoisotopic (exact) mass is 241 g/mol. The molecule has 1 amide bonds. The Hall–Kier alpha value is -0.610. The number of amides is 1. The third-order valence-corrected chi connectivity index (χ3v) is 3.59. The van der Waals surface area contributed by atoms with Crippen LogP contribution in [0.25, 0.3) is 0 Å². The second kappa shape index (κ2) is 7.67. The average molecular weight is 241 g/mol. The maximum absolute atomic E-state index is 11.9. The maximum atomic E-state index is 11.9. The van der Waals surface area contributed by atoms with Gasteiger partial charge in [0.25, 0.3) is 0 Å². The summed E-state index contributed by atoms with van der Waals surface area (Å²) in [5.74, 6) is 0.289. The van der Waals surface area contributed by atoms with Gasteiger partial charge in [-0.15, -0.1) is 0 Å². The van der Waals surface area contributed by atoms with Crippen LogP contribution in [-0.4, -0.2) is 43.0 Å². The fourth-order valence-corrected chi connectivity index (χ4v) is 2.36. The highest BCUT2D eigenvalue weighted by molar-refractivity contribution is 5.78. The van der Waals surface area contributed by atoms with Crippen molar-refractivity contribution in [1.29, 1.82) is 0 Å². The molecule has 1 aliphatic rings. The first kappa shape index (κ1) is 14.5. The summed E-state index contributed by atoms with van der Waals surface area (Å²) in [6, 6.07) is 0.344. The van der Waals surface area contributed by atoms with Gasteiger partial charge >= 0.3 is 0 Å². The summed E-state index contributed by atoms with van der Waals surface area (Å²) < 4.78 is 0. The van der Waals surface area contributed by atoms with Crippen molar-refractivity contribution < 1.29 is 4.79 Å². The van der Waals surface area contributed by atoms with Gasteiger partial charge in [-0.3, -0.25) is 4.79 Å². The largest absolute Gasteiger partial charge is 0.352 e. The molecule has 4 heteroatoms. The Morgan fingerprint density at radius 2 is 2.35 bits per heavy atom. The standard InChI is InChI=1S/C13H27N3O/c1-3-16-9-5-7-12(10-16)15-13(17)11(2)6-4-8-14/h11-12H,3-10,14H2,1-2H3,(H,15,17). The van der Waals surface area contributed by atoms with E-state index < -0.39 is 0 Å². The van der Waals surface area contributed by atoms with Gasteiger partial charge in [0.15, 0.2) is 0 Å². The summed E-state index contributed by atoms with van der Waals surface area (Å²) in [5.41, 5.74) is 5.46. The number of hydrogen-bond donors (Lipinski definition) is 2. The van der Waals surface area contributed by atoms with E-state index in [0.29, 0.717) is 12.6 Å². The van der Waals surface area contributed by atoms with Gasteiger partial charge in [-0.2, -0.15) is 0 Å². The van der Waals surface area contributed by atoms with E-state index >= 15 is 0 Å². The lowest BCUT2D eigenvalue weighted by Gasteiger charge is -2.32. The number of nitrogens with two attached hydrogens (primary N) is 1. The lowest BCUT2D eigenvalue weighted by molar-refractivity contribution is -0.125. The van der Waals surface area contributed by atoms with Gasteiger partial charge in [0.1, 0.15) is 0 Å². The Morgan fingerprint density at radius 3 is 3.00 bits per heavy atom. The smallest absolute Gasteiger partial charge is 0.223 e. The van der Waals surface area contributed by atoms with Crippen LogP contribution < -0.4 is 11.1 Å². The molecule has 100 valence electrons. The van der Waals surface area contributed by atoms with Crippen molar-refractivity contribution in [2.45, 2.75) is 45.6 Å². The first-order valence-electron chi connectivity index (χ1n) is 6.90. The first-order valence-corrected chi connectivity index (χ1v) is 6.90. The van der Waals surface area contributed by atoms with Crippen molar-refractivity contribution in [3.05, 3.63) is 0 Å². The minimum Gasteiger partial charge on any atom is -0.352 e. The van der Waals surface area contributed by atoms with E-state index in [1.54, 1.807) is 0 Å². The Balaban J connectivity index is 2.29. The maximum Gasteiger partial charge on any atom is 0.223 e. The molecule has 1 rings (SSSR count). The third kappa shape index (κ3) is 5.04. The molecule has 17 heavy (non-hydrogen) atoms. The van der Waals surface area contributed by atoms with Crippen molar-refractivity contribution in [1.82, 2.24) is 10.2 Å². The van der Waals surface area contributed by atoms with Crippen LogP contribution in [0.5, 0.6) is 0 Å². The number of nitrogens with zero attached hydrogens (tertiary/aromatic N) is 1. The van der Waals surface area contributed by atoms with E-state index in [0.717, 1.165) is 32.4 Å². The van der Waals surface area contributed by atoms with Crippen LogP contribution in [0.1, 0.15) is 39.5 Å². The zero-order valence-electron chi connectivity index (χ0n) is 11.2. The van der Waals surface area contributed by atoms with Gasteiger partial charge in [-0.25, -0.2) is 0 Å². The Morgan fingerprint density at radius 1 is 1.59 bits per heavy atom. The predicted octanol–water partition coefficient (Wildman–Crippen LogP) is 0.962. The molecule has 2 atom stereocenters. The quantitative estimate of drug-likeness (QED) is 0.728. The molecule has 1 aliphatic heterocycles. The Bertz CT molecular complexity index is 233. The van der Waals surface area contributed by atoms with Crippen molar-refractivity contribution in [2.75, 3.05) is 26.2 Å². The second-order valence-electron chi connectivity index (χ2n) is 5.07. The Kier molecular flexibility index (Phi) is 6.52. The normalized spacial score (nSPS) is 23.4. The highest BCUT2D eigenvalue weighted by Crippen LogP contribution is 2.11. The predicted molar refractivity (Wildman–Crippen MR) is 70.7 cm³/mol. The molecule has 0 aromatic heterocycles. The van der Waals surface area contributed by atoms with E-state index in [2.05, 4.69) is 17.1 Å². The average Bonchev–Trinajstić information content (AvgIpc) is 2.36. The van der Waals surface area contributed by atoms with E-state index in [1.165, 1.54) is 13.0 Å². The number of nitrogens with one attached hydrogen (secondary N) is 1. The number of hydrogen-bond acceptors (Lipinski definition) is 3.